The Morgan fingerprint density at radius 3 is 2.48 bits per heavy atom. The van der Waals surface area contributed by atoms with Crippen molar-refractivity contribution in [2.75, 3.05) is 45.6 Å². The summed E-state index contributed by atoms with van der Waals surface area (Å²) in [5.74, 6) is 1.34. The fraction of sp³-hybridized carbons (Fsp3) is 0.562. The number of piperazine rings is 1. The summed E-state index contributed by atoms with van der Waals surface area (Å²) < 4.78 is 5.11. The molecule has 0 saturated carbocycles. The zero-order valence-corrected chi connectivity index (χ0v) is 13.1. The number of hydrogen-bond donors (Lipinski definition) is 1. The van der Waals surface area contributed by atoms with Crippen LogP contribution in [0, 0.1) is 5.92 Å². The summed E-state index contributed by atoms with van der Waals surface area (Å²) in [5, 5.41) is 0. The second-order valence-corrected chi connectivity index (χ2v) is 5.94. The Hall–Kier alpha value is -1.75. The number of nitrogen functional groups attached to an aromatic ring is 1. The first-order valence-electron chi connectivity index (χ1n) is 7.46. The molecule has 0 radical (unpaired) electrons. The lowest BCUT2D eigenvalue weighted by Crippen LogP contribution is -2.49. The molecule has 1 saturated heterocycles. The Balaban J connectivity index is 1.99. The van der Waals surface area contributed by atoms with Crippen molar-refractivity contribution in [3.8, 4) is 5.75 Å². The molecule has 1 aromatic rings. The molecule has 1 aromatic carbocycles. The molecule has 0 aromatic heterocycles. The summed E-state index contributed by atoms with van der Waals surface area (Å²) in [6, 6.07) is 5.22. The predicted molar refractivity (Wildman–Crippen MR) is 84.6 cm³/mol. The summed E-state index contributed by atoms with van der Waals surface area (Å²) in [6.07, 6.45) is 0. The maximum atomic E-state index is 12.5. The molecule has 0 aliphatic carbocycles. The van der Waals surface area contributed by atoms with Crippen LogP contribution >= 0.6 is 0 Å². The first-order valence-corrected chi connectivity index (χ1v) is 7.46. The van der Waals surface area contributed by atoms with Crippen LogP contribution in [0.3, 0.4) is 0 Å². The van der Waals surface area contributed by atoms with Crippen molar-refractivity contribution >= 4 is 11.6 Å². The summed E-state index contributed by atoms with van der Waals surface area (Å²) >= 11 is 0. The summed E-state index contributed by atoms with van der Waals surface area (Å²) in [4.78, 5) is 16.8. The minimum absolute atomic E-state index is 0.0133. The first-order chi connectivity index (χ1) is 10.0. The monoisotopic (exact) mass is 291 g/mol. The smallest absolute Gasteiger partial charge is 0.256 e. The van der Waals surface area contributed by atoms with Gasteiger partial charge in [0.2, 0.25) is 0 Å². The van der Waals surface area contributed by atoms with Gasteiger partial charge < -0.3 is 15.4 Å². The molecule has 2 N–H and O–H groups in total. The average Bonchev–Trinajstić information content (AvgIpc) is 2.46. The van der Waals surface area contributed by atoms with E-state index in [1.54, 1.807) is 25.3 Å². The van der Waals surface area contributed by atoms with Crippen molar-refractivity contribution in [3.05, 3.63) is 23.8 Å². The predicted octanol–water partition coefficient (Wildman–Crippen LogP) is 1.69. The topological polar surface area (TPSA) is 58.8 Å². The number of methoxy groups -OCH3 is 1. The molecule has 1 fully saturated rings. The van der Waals surface area contributed by atoms with E-state index in [1.165, 1.54) is 0 Å². The second kappa shape index (κ2) is 6.80. The number of hydrogen-bond acceptors (Lipinski definition) is 4. The Kier molecular flexibility index (Phi) is 5.07. The van der Waals surface area contributed by atoms with Crippen LogP contribution in [-0.4, -0.2) is 55.5 Å². The average molecular weight is 291 g/mol. The minimum atomic E-state index is 0.0133. The molecule has 5 nitrogen and oxygen atoms in total. The SMILES string of the molecule is COc1ccc(C(=O)N2CCN(CC(C)C)CC2)c(N)c1. The van der Waals surface area contributed by atoms with E-state index in [0.717, 1.165) is 32.7 Å². The number of carbonyl (C=O) groups excluding carboxylic acids is 1. The summed E-state index contributed by atoms with van der Waals surface area (Å²) in [7, 11) is 1.59. The van der Waals surface area contributed by atoms with Crippen LogP contribution in [0.4, 0.5) is 5.69 Å². The molecular formula is C16H25N3O2. The first kappa shape index (κ1) is 15.6. The number of anilines is 1. The van der Waals surface area contributed by atoms with Crippen molar-refractivity contribution in [2.45, 2.75) is 13.8 Å². The Morgan fingerprint density at radius 2 is 1.95 bits per heavy atom. The van der Waals surface area contributed by atoms with E-state index in [1.807, 2.05) is 4.90 Å². The van der Waals surface area contributed by atoms with Crippen LogP contribution < -0.4 is 10.5 Å². The van der Waals surface area contributed by atoms with Crippen LogP contribution in [0.1, 0.15) is 24.2 Å². The molecule has 1 aliphatic rings. The lowest BCUT2D eigenvalue weighted by molar-refractivity contribution is 0.0625. The maximum Gasteiger partial charge on any atom is 0.256 e. The van der Waals surface area contributed by atoms with Gasteiger partial charge in [-0.3, -0.25) is 9.69 Å². The van der Waals surface area contributed by atoms with E-state index in [2.05, 4.69) is 18.7 Å². The Bertz CT molecular complexity index is 494. The molecule has 0 unspecified atom stereocenters. The molecule has 116 valence electrons. The summed E-state index contributed by atoms with van der Waals surface area (Å²) in [5.41, 5.74) is 7.00. The number of nitrogens with zero attached hydrogens (tertiary/aromatic N) is 2. The van der Waals surface area contributed by atoms with Gasteiger partial charge in [0.25, 0.3) is 5.91 Å². The maximum absolute atomic E-state index is 12.5. The third kappa shape index (κ3) is 3.88. The lowest BCUT2D eigenvalue weighted by Gasteiger charge is -2.35. The molecule has 0 spiro atoms. The van der Waals surface area contributed by atoms with Crippen LogP contribution in [-0.2, 0) is 0 Å². The number of ether oxygens (including phenoxy) is 1. The molecular weight excluding hydrogens is 266 g/mol. The molecule has 1 amide bonds. The van der Waals surface area contributed by atoms with E-state index < -0.39 is 0 Å². The second-order valence-electron chi connectivity index (χ2n) is 5.94. The third-order valence-corrected chi connectivity index (χ3v) is 3.77. The van der Waals surface area contributed by atoms with E-state index in [4.69, 9.17) is 10.5 Å². The minimum Gasteiger partial charge on any atom is -0.497 e. The quantitative estimate of drug-likeness (QED) is 0.858. The third-order valence-electron chi connectivity index (χ3n) is 3.77. The highest BCUT2D eigenvalue weighted by Gasteiger charge is 2.23. The van der Waals surface area contributed by atoms with Crippen LogP contribution in [0.25, 0.3) is 0 Å². The van der Waals surface area contributed by atoms with E-state index in [-0.39, 0.29) is 5.91 Å². The highest BCUT2D eigenvalue weighted by Crippen LogP contribution is 2.21. The van der Waals surface area contributed by atoms with Crippen LogP contribution in [0.2, 0.25) is 0 Å². The molecule has 0 bridgehead atoms. The lowest BCUT2D eigenvalue weighted by atomic mass is 10.1. The van der Waals surface area contributed by atoms with E-state index in [9.17, 15) is 4.79 Å². The van der Waals surface area contributed by atoms with Gasteiger partial charge in [-0.1, -0.05) is 13.8 Å². The van der Waals surface area contributed by atoms with E-state index >= 15 is 0 Å². The molecule has 1 aliphatic heterocycles. The van der Waals surface area contributed by atoms with Gasteiger partial charge in [-0.15, -0.1) is 0 Å². The fourth-order valence-corrected chi connectivity index (χ4v) is 2.68. The fourth-order valence-electron chi connectivity index (χ4n) is 2.68. The molecule has 5 heteroatoms. The highest BCUT2D eigenvalue weighted by molar-refractivity contribution is 5.99. The molecule has 1 heterocycles. The van der Waals surface area contributed by atoms with Crippen molar-refractivity contribution in [1.82, 2.24) is 9.80 Å². The van der Waals surface area contributed by atoms with Crippen molar-refractivity contribution in [1.29, 1.82) is 0 Å². The molecule has 2 rings (SSSR count). The Labute approximate surface area is 126 Å². The normalized spacial score (nSPS) is 16.3. The van der Waals surface area contributed by atoms with Gasteiger partial charge in [0, 0.05) is 44.5 Å². The largest absolute Gasteiger partial charge is 0.497 e. The number of amides is 1. The zero-order valence-electron chi connectivity index (χ0n) is 13.1. The van der Waals surface area contributed by atoms with Gasteiger partial charge in [0.05, 0.1) is 12.7 Å². The van der Waals surface area contributed by atoms with Gasteiger partial charge in [-0.05, 0) is 18.1 Å². The van der Waals surface area contributed by atoms with Gasteiger partial charge in [0.1, 0.15) is 5.75 Å². The van der Waals surface area contributed by atoms with Crippen molar-refractivity contribution in [2.24, 2.45) is 5.92 Å². The summed E-state index contributed by atoms with van der Waals surface area (Å²) in [6.45, 7) is 8.91. The zero-order chi connectivity index (χ0) is 15.4. The van der Waals surface area contributed by atoms with Gasteiger partial charge in [0.15, 0.2) is 0 Å². The van der Waals surface area contributed by atoms with Gasteiger partial charge >= 0.3 is 0 Å². The number of nitrogens with two attached hydrogens (primary N) is 1. The highest BCUT2D eigenvalue weighted by atomic mass is 16.5. The number of benzene rings is 1. The van der Waals surface area contributed by atoms with Gasteiger partial charge in [-0.2, -0.15) is 0 Å². The number of rotatable bonds is 4. The molecule has 0 atom stereocenters. The van der Waals surface area contributed by atoms with Crippen LogP contribution in [0.5, 0.6) is 5.75 Å². The molecule has 21 heavy (non-hydrogen) atoms. The van der Waals surface area contributed by atoms with Crippen molar-refractivity contribution in [3.63, 3.8) is 0 Å². The van der Waals surface area contributed by atoms with Gasteiger partial charge in [-0.25, -0.2) is 0 Å². The van der Waals surface area contributed by atoms with E-state index in [0.29, 0.717) is 22.9 Å². The standard InChI is InChI=1S/C16H25N3O2/c1-12(2)11-18-6-8-19(9-7-18)16(20)14-5-4-13(21-3)10-15(14)17/h4-5,10,12H,6-9,11,17H2,1-3H3. The Morgan fingerprint density at radius 1 is 1.29 bits per heavy atom. The van der Waals surface area contributed by atoms with Crippen molar-refractivity contribution < 1.29 is 9.53 Å². The number of carbonyl (C=O) groups is 1. The van der Waals surface area contributed by atoms with Crippen LogP contribution in [0.15, 0.2) is 18.2 Å².